The molecular weight excluding hydrogens is 585 g/mol. The van der Waals surface area contributed by atoms with Crippen molar-refractivity contribution in [1.29, 1.82) is 0 Å². The monoisotopic (exact) mass is 619 g/mol. The first-order valence-corrected chi connectivity index (χ1v) is 15.2. The number of nitrogens with one attached hydrogen (secondary N) is 1. The zero-order valence-corrected chi connectivity index (χ0v) is 26.1. The zero-order valence-electron chi connectivity index (χ0n) is 23.7. The van der Waals surface area contributed by atoms with Gasteiger partial charge in [-0.2, -0.15) is 0 Å². The van der Waals surface area contributed by atoms with Crippen LogP contribution < -0.4 is 14.4 Å². The quantitative estimate of drug-likeness (QED) is 0.287. The number of nitrogens with zero attached hydrogens (tertiary/aromatic N) is 2. The van der Waals surface area contributed by atoms with Crippen LogP contribution in [-0.4, -0.2) is 50.4 Å². The summed E-state index contributed by atoms with van der Waals surface area (Å²) in [5.41, 5.74) is 0.320. The van der Waals surface area contributed by atoms with Crippen molar-refractivity contribution in [1.82, 2.24) is 10.2 Å². The smallest absolute Gasteiger partial charge is 0.264 e. The predicted molar refractivity (Wildman–Crippen MR) is 163 cm³/mol. The van der Waals surface area contributed by atoms with Crippen LogP contribution in [0, 0.1) is 0 Å². The molecule has 0 aromatic heterocycles. The number of anilines is 1. The number of methoxy groups -OCH3 is 1. The maximum atomic E-state index is 14.1. The first-order chi connectivity index (χ1) is 19.2. The summed E-state index contributed by atoms with van der Waals surface area (Å²) >= 11 is 12.5. The van der Waals surface area contributed by atoms with E-state index in [2.05, 4.69) is 5.32 Å². The van der Waals surface area contributed by atoms with Gasteiger partial charge in [-0.3, -0.25) is 13.9 Å². The summed E-state index contributed by atoms with van der Waals surface area (Å²) in [6.45, 7) is 6.83. The van der Waals surface area contributed by atoms with Crippen molar-refractivity contribution in [3.05, 3.63) is 88.4 Å². The Morgan fingerprint density at radius 2 is 1.54 bits per heavy atom. The van der Waals surface area contributed by atoms with Gasteiger partial charge in [0.15, 0.2) is 0 Å². The second-order valence-corrected chi connectivity index (χ2v) is 13.2. The van der Waals surface area contributed by atoms with Crippen LogP contribution in [0.5, 0.6) is 5.75 Å². The fourth-order valence-electron chi connectivity index (χ4n) is 4.23. The largest absolute Gasteiger partial charge is 0.497 e. The van der Waals surface area contributed by atoms with Gasteiger partial charge in [-0.1, -0.05) is 60.5 Å². The highest BCUT2D eigenvalue weighted by Gasteiger charge is 2.34. The first-order valence-electron chi connectivity index (χ1n) is 13.0. The number of hydrogen-bond acceptors (Lipinski definition) is 5. The minimum absolute atomic E-state index is 0.0110. The van der Waals surface area contributed by atoms with Crippen LogP contribution >= 0.6 is 23.2 Å². The molecule has 11 heteroatoms. The molecule has 1 atom stereocenters. The van der Waals surface area contributed by atoms with Crippen LogP contribution in [0.2, 0.25) is 10.0 Å². The maximum Gasteiger partial charge on any atom is 0.264 e. The molecule has 220 valence electrons. The van der Waals surface area contributed by atoms with Crippen LogP contribution in [0.15, 0.2) is 77.7 Å². The van der Waals surface area contributed by atoms with Gasteiger partial charge in [-0.05, 0) is 75.2 Å². The molecule has 0 bridgehead atoms. The molecule has 0 radical (unpaired) electrons. The number of sulfonamides is 1. The van der Waals surface area contributed by atoms with Gasteiger partial charge in [0.2, 0.25) is 11.8 Å². The van der Waals surface area contributed by atoms with Gasteiger partial charge >= 0.3 is 0 Å². The normalized spacial score (nSPS) is 12.4. The minimum Gasteiger partial charge on any atom is -0.497 e. The molecule has 0 heterocycles. The van der Waals surface area contributed by atoms with E-state index in [9.17, 15) is 18.0 Å². The van der Waals surface area contributed by atoms with E-state index in [0.717, 1.165) is 9.87 Å². The molecule has 0 spiro atoms. The lowest BCUT2D eigenvalue weighted by atomic mass is 10.1. The Labute approximate surface area is 252 Å². The van der Waals surface area contributed by atoms with Gasteiger partial charge in [0.25, 0.3) is 10.0 Å². The van der Waals surface area contributed by atoms with Crippen molar-refractivity contribution in [2.45, 2.75) is 57.1 Å². The van der Waals surface area contributed by atoms with E-state index in [1.807, 2.05) is 20.8 Å². The van der Waals surface area contributed by atoms with Crippen LogP contribution in [0.1, 0.15) is 39.7 Å². The van der Waals surface area contributed by atoms with E-state index >= 15 is 0 Å². The molecule has 3 aromatic rings. The third kappa shape index (κ3) is 8.61. The predicted octanol–water partition coefficient (Wildman–Crippen LogP) is 5.92. The number of carbonyl (C=O) groups is 2. The summed E-state index contributed by atoms with van der Waals surface area (Å²) in [7, 11) is -2.67. The summed E-state index contributed by atoms with van der Waals surface area (Å²) < 4.78 is 34.0. The second kappa shape index (κ2) is 13.6. The average Bonchev–Trinajstić information content (AvgIpc) is 2.90. The molecule has 0 aliphatic rings. The van der Waals surface area contributed by atoms with Crippen molar-refractivity contribution in [2.24, 2.45) is 0 Å². The number of rotatable bonds is 11. The molecule has 0 unspecified atom stereocenters. The first kappa shape index (κ1) is 32.2. The molecule has 2 amide bonds. The average molecular weight is 621 g/mol. The molecule has 0 aliphatic heterocycles. The fraction of sp³-hybridized carbons (Fsp3) is 0.333. The standard InChI is InChI=1S/C30H35Cl2N3O5S/c1-6-27(29(37)33-30(2,3)4)34(19-21-12-14-25(40-5)15-13-21)28(36)20-35(24-17-22(31)16-23(32)18-24)41(38,39)26-10-8-7-9-11-26/h7-18,27H,6,19-20H2,1-5H3,(H,33,37)/t27-/m0/s1. The molecule has 3 aromatic carbocycles. The highest BCUT2D eigenvalue weighted by atomic mass is 35.5. The van der Waals surface area contributed by atoms with Gasteiger partial charge in [-0.15, -0.1) is 0 Å². The van der Waals surface area contributed by atoms with Crippen LogP contribution in [0.4, 0.5) is 5.69 Å². The molecule has 0 saturated heterocycles. The number of hydrogen-bond donors (Lipinski definition) is 1. The summed E-state index contributed by atoms with van der Waals surface area (Å²) in [5, 5.41) is 3.36. The summed E-state index contributed by atoms with van der Waals surface area (Å²) in [6.07, 6.45) is 0.304. The molecule has 8 nitrogen and oxygen atoms in total. The molecule has 1 N–H and O–H groups in total. The van der Waals surface area contributed by atoms with E-state index in [0.29, 0.717) is 12.2 Å². The van der Waals surface area contributed by atoms with Gasteiger partial charge in [0.05, 0.1) is 17.7 Å². The number of benzene rings is 3. The summed E-state index contributed by atoms with van der Waals surface area (Å²) in [6, 6.07) is 18.3. The Balaban J connectivity index is 2.09. The number of amides is 2. The molecule has 0 aliphatic carbocycles. The molecule has 3 rings (SSSR count). The van der Waals surface area contributed by atoms with Crippen LogP contribution in [-0.2, 0) is 26.2 Å². The van der Waals surface area contributed by atoms with E-state index < -0.39 is 34.1 Å². The summed E-state index contributed by atoms with van der Waals surface area (Å²) in [4.78, 5) is 28.9. The molecular formula is C30H35Cl2N3O5S. The lowest BCUT2D eigenvalue weighted by Gasteiger charge is -2.34. The van der Waals surface area contributed by atoms with E-state index in [1.54, 1.807) is 56.5 Å². The number of carbonyl (C=O) groups excluding carboxylic acids is 2. The lowest BCUT2D eigenvalue weighted by molar-refractivity contribution is -0.141. The minimum atomic E-state index is -4.23. The van der Waals surface area contributed by atoms with Crippen molar-refractivity contribution < 1.29 is 22.7 Å². The Kier molecular flexibility index (Phi) is 10.7. The topological polar surface area (TPSA) is 96.0 Å². The fourth-order valence-corrected chi connectivity index (χ4v) is 6.17. The third-order valence-corrected chi connectivity index (χ3v) is 8.37. The number of ether oxygens (including phenoxy) is 1. The second-order valence-electron chi connectivity index (χ2n) is 10.5. The van der Waals surface area contributed by atoms with E-state index in [1.165, 1.54) is 35.2 Å². The van der Waals surface area contributed by atoms with Crippen LogP contribution in [0.25, 0.3) is 0 Å². The van der Waals surface area contributed by atoms with Crippen molar-refractivity contribution >= 4 is 50.7 Å². The molecule has 41 heavy (non-hydrogen) atoms. The van der Waals surface area contributed by atoms with Gasteiger partial charge in [0.1, 0.15) is 18.3 Å². The lowest BCUT2D eigenvalue weighted by Crippen LogP contribution is -2.55. The maximum absolute atomic E-state index is 14.1. The molecule has 0 saturated carbocycles. The SMILES string of the molecule is CC[C@@H](C(=O)NC(C)(C)C)N(Cc1ccc(OC)cc1)C(=O)CN(c1cc(Cl)cc(Cl)c1)S(=O)(=O)c1ccccc1. The summed E-state index contributed by atoms with van der Waals surface area (Å²) in [5.74, 6) is -0.278. The van der Waals surface area contributed by atoms with E-state index in [-0.39, 0.29) is 33.1 Å². The van der Waals surface area contributed by atoms with Crippen molar-refractivity contribution in [3.8, 4) is 5.75 Å². The van der Waals surface area contributed by atoms with Crippen molar-refractivity contribution in [3.63, 3.8) is 0 Å². The zero-order chi connectivity index (χ0) is 30.4. The third-order valence-electron chi connectivity index (χ3n) is 6.14. The molecule has 0 fully saturated rings. The Hall–Kier alpha value is -3.27. The Bertz CT molecular complexity index is 1440. The van der Waals surface area contributed by atoms with Gasteiger partial charge < -0.3 is 15.0 Å². The van der Waals surface area contributed by atoms with Gasteiger partial charge in [0, 0.05) is 22.1 Å². The highest BCUT2D eigenvalue weighted by molar-refractivity contribution is 7.92. The van der Waals surface area contributed by atoms with Crippen LogP contribution in [0.3, 0.4) is 0 Å². The van der Waals surface area contributed by atoms with Gasteiger partial charge in [-0.25, -0.2) is 8.42 Å². The van der Waals surface area contributed by atoms with E-state index in [4.69, 9.17) is 27.9 Å². The number of halogens is 2. The highest BCUT2D eigenvalue weighted by Crippen LogP contribution is 2.30. The Morgan fingerprint density at radius 3 is 2.05 bits per heavy atom. The Morgan fingerprint density at radius 1 is 0.951 bits per heavy atom. The van der Waals surface area contributed by atoms with Crippen molar-refractivity contribution in [2.75, 3.05) is 18.0 Å².